The molecule has 0 radical (unpaired) electrons. The van der Waals surface area contributed by atoms with Crippen LogP contribution in [0.4, 0.5) is 5.69 Å². The SMILES string of the molecule is O=C(COC(=O)c1ccccc1C(=O)c1ccc(-c2ccccc2)cc1)c1ccc([N+](=O)[O-])cc1. The van der Waals surface area contributed by atoms with E-state index in [1.54, 1.807) is 24.3 Å². The predicted molar refractivity (Wildman–Crippen MR) is 129 cm³/mol. The first-order chi connectivity index (χ1) is 16.9. The van der Waals surface area contributed by atoms with Gasteiger partial charge in [-0.2, -0.15) is 0 Å². The van der Waals surface area contributed by atoms with E-state index in [-0.39, 0.29) is 28.2 Å². The van der Waals surface area contributed by atoms with Gasteiger partial charge in [-0.15, -0.1) is 0 Å². The first-order valence-electron chi connectivity index (χ1n) is 10.7. The third-order valence-electron chi connectivity index (χ3n) is 5.38. The van der Waals surface area contributed by atoms with Crippen molar-refractivity contribution in [3.8, 4) is 11.1 Å². The second-order valence-corrected chi connectivity index (χ2v) is 7.62. The van der Waals surface area contributed by atoms with Gasteiger partial charge >= 0.3 is 5.97 Å². The summed E-state index contributed by atoms with van der Waals surface area (Å²) in [5, 5.41) is 10.7. The maximum Gasteiger partial charge on any atom is 0.339 e. The minimum atomic E-state index is -0.815. The summed E-state index contributed by atoms with van der Waals surface area (Å²) in [5.41, 5.74) is 2.61. The van der Waals surface area contributed by atoms with Crippen molar-refractivity contribution in [3.63, 3.8) is 0 Å². The summed E-state index contributed by atoms with van der Waals surface area (Å²) in [4.78, 5) is 48.4. The average molecular weight is 465 g/mol. The monoisotopic (exact) mass is 465 g/mol. The maximum absolute atomic E-state index is 13.1. The standard InChI is InChI=1S/C28H19NO6/c30-26(21-14-16-23(17-15-21)29(33)34)18-35-28(32)25-9-5-4-8-24(25)27(31)22-12-10-20(11-13-22)19-6-2-1-3-7-19/h1-17H,18H2. The normalized spacial score (nSPS) is 10.4. The number of nitro benzene ring substituents is 1. The first kappa shape index (κ1) is 23.3. The summed E-state index contributed by atoms with van der Waals surface area (Å²) in [6, 6.07) is 28.0. The van der Waals surface area contributed by atoms with Crippen LogP contribution in [0.2, 0.25) is 0 Å². The number of hydrogen-bond donors (Lipinski definition) is 0. The molecular weight excluding hydrogens is 446 g/mol. The Balaban J connectivity index is 1.47. The van der Waals surface area contributed by atoms with E-state index in [1.807, 2.05) is 42.5 Å². The average Bonchev–Trinajstić information content (AvgIpc) is 2.91. The van der Waals surface area contributed by atoms with Gasteiger partial charge in [-0.1, -0.05) is 72.8 Å². The van der Waals surface area contributed by atoms with Gasteiger partial charge in [0.05, 0.1) is 10.5 Å². The molecule has 4 rings (SSSR count). The number of ether oxygens (including phenoxy) is 1. The molecule has 0 saturated heterocycles. The molecule has 0 aliphatic rings. The van der Waals surface area contributed by atoms with Gasteiger partial charge in [0.15, 0.2) is 18.2 Å². The smallest absolute Gasteiger partial charge is 0.339 e. The summed E-state index contributed by atoms with van der Waals surface area (Å²) >= 11 is 0. The predicted octanol–water partition coefficient (Wildman–Crippen LogP) is 5.53. The van der Waals surface area contributed by atoms with Crippen molar-refractivity contribution >= 4 is 23.2 Å². The molecule has 0 atom stereocenters. The number of carbonyl (C=O) groups excluding carboxylic acids is 3. The van der Waals surface area contributed by atoms with Crippen LogP contribution in [0.3, 0.4) is 0 Å². The number of Topliss-reactive ketones (excluding diaryl/α,β-unsaturated/α-hetero) is 1. The molecule has 4 aromatic carbocycles. The molecule has 4 aromatic rings. The summed E-state index contributed by atoms with van der Waals surface area (Å²) in [5.74, 6) is -1.68. The highest BCUT2D eigenvalue weighted by molar-refractivity contribution is 6.14. The third-order valence-corrected chi connectivity index (χ3v) is 5.38. The molecule has 172 valence electrons. The van der Waals surface area contributed by atoms with Crippen molar-refractivity contribution in [1.82, 2.24) is 0 Å². The largest absolute Gasteiger partial charge is 0.454 e. The third kappa shape index (κ3) is 5.36. The van der Waals surface area contributed by atoms with Crippen molar-refractivity contribution in [2.45, 2.75) is 0 Å². The lowest BCUT2D eigenvalue weighted by atomic mass is 9.96. The fourth-order valence-corrected chi connectivity index (χ4v) is 3.52. The van der Waals surface area contributed by atoms with Crippen molar-refractivity contribution in [2.24, 2.45) is 0 Å². The second-order valence-electron chi connectivity index (χ2n) is 7.62. The number of non-ortho nitro benzene ring substituents is 1. The topological polar surface area (TPSA) is 104 Å². The van der Waals surface area contributed by atoms with E-state index in [4.69, 9.17) is 4.74 Å². The lowest BCUT2D eigenvalue weighted by Crippen LogP contribution is -2.17. The number of ketones is 2. The van der Waals surface area contributed by atoms with Gasteiger partial charge in [-0.05, 0) is 29.3 Å². The van der Waals surface area contributed by atoms with Crippen LogP contribution in [0.15, 0.2) is 103 Å². The molecule has 0 fully saturated rings. The quantitative estimate of drug-likeness (QED) is 0.147. The number of nitro groups is 1. The molecule has 0 heterocycles. The van der Waals surface area contributed by atoms with Crippen LogP contribution in [0.25, 0.3) is 11.1 Å². The molecule has 0 N–H and O–H groups in total. The first-order valence-corrected chi connectivity index (χ1v) is 10.7. The number of carbonyl (C=O) groups is 3. The number of esters is 1. The van der Waals surface area contributed by atoms with E-state index in [9.17, 15) is 24.5 Å². The molecule has 7 heteroatoms. The highest BCUT2D eigenvalue weighted by Crippen LogP contribution is 2.22. The molecule has 0 aliphatic heterocycles. The molecular formula is C28H19NO6. The van der Waals surface area contributed by atoms with Crippen LogP contribution in [0, 0.1) is 10.1 Å². The number of nitrogens with zero attached hydrogens (tertiary/aromatic N) is 1. The molecule has 0 unspecified atom stereocenters. The van der Waals surface area contributed by atoms with E-state index in [0.29, 0.717) is 5.56 Å². The van der Waals surface area contributed by atoms with E-state index in [1.165, 1.54) is 36.4 Å². The zero-order valence-electron chi connectivity index (χ0n) is 18.4. The van der Waals surface area contributed by atoms with Gasteiger partial charge in [-0.25, -0.2) is 4.79 Å². The lowest BCUT2D eigenvalue weighted by Gasteiger charge is -2.10. The summed E-state index contributed by atoms with van der Waals surface area (Å²) in [7, 11) is 0. The molecule has 0 aromatic heterocycles. The summed E-state index contributed by atoms with van der Waals surface area (Å²) < 4.78 is 5.15. The van der Waals surface area contributed by atoms with Gasteiger partial charge in [-0.3, -0.25) is 19.7 Å². The molecule has 0 aliphatic carbocycles. The Morgan fingerprint density at radius 1 is 0.657 bits per heavy atom. The van der Waals surface area contributed by atoms with Gasteiger partial charge in [0.25, 0.3) is 5.69 Å². The lowest BCUT2D eigenvalue weighted by molar-refractivity contribution is -0.384. The van der Waals surface area contributed by atoms with E-state index >= 15 is 0 Å². The fraction of sp³-hybridized carbons (Fsp3) is 0.0357. The van der Waals surface area contributed by atoms with Crippen molar-refractivity contribution in [2.75, 3.05) is 6.61 Å². The minimum Gasteiger partial charge on any atom is -0.454 e. The number of rotatable bonds is 8. The van der Waals surface area contributed by atoms with Gasteiger partial charge < -0.3 is 4.74 Å². The number of hydrogen-bond acceptors (Lipinski definition) is 6. The van der Waals surface area contributed by atoms with E-state index in [2.05, 4.69) is 0 Å². The van der Waals surface area contributed by atoms with Crippen LogP contribution < -0.4 is 0 Å². The molecule has 0 saturated carbocycles. The van der Waals surface area contributed by atoms with E-state index < -0.39 is 23.3 Å². The van der Waals surface area contributed by atoms with E-state index in [0.717, 1.165) is 11.1 Å². The molecule has 0 amide bonds. The van der Waals surface area contributed by atoms with Crippen LogP contribution >= 0.6 is 0 Å². The van der Waals surface area contributed by atoms with Crippen LogP contribution in [-0.2, 0) is 4.74 Å². The van der Waals surface area contributed by atoms with Crippen molar-refractivity contribution in [1.29, 1.82) is 0 Å². The molecule has 35 heavy (non-hydrogen) atoms. The van der Waals surface area contributed by atoms with Crippen LogP contribution in [0.1, 0.15) is 36.6 Å². The summed E-state index contributed by atoms with van der Waals surface area (Å²) in [6.45, 7) is -0.565. The zero-order chi connectivity index (χ0) is 24.8. The minimum absolute atomic E-state index is 0.0427. The Kier molecular flexibility index (Phi) is 6.88. The Bertz CT molecular complexity index is 1390. The number of benzene rings is 4. The van der Waals surface area contributed by atoms with Gasteiger partial charge in [0, 0.05) is 28.8 Å². The Hall–Kier alpha value is -4.91. The maximum atomic E-state index is 13.1. The zero-order valence-corrected chi connectivity index (χ0v) is 18.4. The second kappa shape index (κ2) is 10.4. The van der Waals surface area contributed by atoms with Gasteiger partial charge in [0.2, 0.25) is 0 Å². The Morgan fingerprint density at radius 2 is 1.20 bits per heavy atom. The Labute approximate surface area is 200 Å². The van der Waals surface area contributed by atoms with Crippen LogP contribution in [-0.4, -0.2) is 29.1 Å². The fourth-order valence-electron chi connectivity index (χ4n) is 3.52. The molecule has 0 bridgehead atoms. The molecule has 0 spiro atoms. The highest BCUT2D eigenvalue weighted by Gasteiger charge is 2.20. The van der Waals surface area contributed by atoms with Gasteiger partial charge in [0.1, 0.15) is 0 Å². The summed E-state index contributed by atoms with van der Waals surface area (Å²) in [6.07, 6.45) is 0. The Morgan fingerprint density at radius 3 is 1.83 bits per heavy atom. The van der Waals surface area contributed by atoms with Crippen LogP contribution in [0.5, 0.6) is 0 Å². The molecule has 7 nitrogen and oxygen atoms in total. The highest BCUT2D eigenvalue weighted by atomic mass is 16.6. The van der Waals surface area contributed by atoms with Crippen molar-refractivity contribution < 1.29 is 24.0 Å². The van der Waals surface area contributed by atoms with Crippen molar-refractivity contribution in [3.05, 3.63) is 135 Å².